The van der Waals surface area contributed by atoms with Crippen LogP contribution in [0, 0.1) is 27.9 Å². The molecule has 6 atom stereocenters. The van der Waals surface area contributed by atoms with Gasteiger partial charge in [-0.3, -0.25) is 24.7 Å². The first-order chi connectivity index (χ1) is 20.0. The number of para-hydroxylation sites is 2. The fourth-order valence-electron chi connectivity index (χ4n) is 6.69. The first-order valence-electron chi connectivity index (χ1n) is 13.2. The Morgan fingerprint density at radius 2 is 1.39 bits per heavy atom. The number of rotatable bonds is 5. The molecule has 8 rings (SSSR count). The molecule has 12 heteroatoms. The van der Waals surface area contributed by atoms with E-state index in [0.29, 0.717) is 17.1 Å². The minimum absolute atomic E-state index is 0.117. The van der Waals surface area contributed by atoms with Crippen molar-refractivity contribution in [3.8, 4) is 5.69 Å². The van der Waals surface area contributed by atoms with Gasteiger partial charge in [0, 0.05) is 12.1 Å². The second kappa shape index (κ2) is 8.63. The predicted octanol–water partition coefficient (Wildman–Crippen LogP) is 2.97. The van der Waals surface area contributed by atoms with E-state index in [1.165, 1.54) is 29.1 Å². The zero-order valence-electron chi connectivity index (χ0n) is 21.3. The van der Waals surface area contributed by atoms with Crippen LogP contribution in [0.25, 0.3) is 5.69 Å². The highest BCUT2D eigenvalue weighted by Crippen LogP contribution is 2.56. The molecule has 6 unspecified atom stereocenters. The number of nitrogens with zero attached hydrogens (tertiary/aromatic N) is 7. The molecule has 4 aromatic rings. The molecule has 4 aliphatic heterocycles. The van der Waals surface area contributed by atoms with Gasteiger partial charge in [0.15, 0.2) is 0 Å². The van der Waals surface area contributed by atoms with E-state index in [1.807, 2.05) is 65.7 Å². The lowest BCUT2D eigenvalue weighted by Crippen LogP contribution is -2.50. The number of hydrogen-bond donors (Lipinski definition) is 0. The minimum atomic E-state index is -0.700. The van der Waals surface area contributed by atoms with E-state index < -0.39 is 29.0 Å². The average Bonchev–Trinajstić information content (AvgIpc) is 3.81. The van der Waals surface area contributed by atoms with E-state index in [9.17, 15) is 19.7 Å². The number of non-ortho nitro benzene ring substituents is 1. The third-order valence-electron chi connectivity index (χ3n) is 8.37. The van der Waals surface area contributed by atoms with E-state index in [0.717, 1.165) is 16.3 Å². The van der Waals surface area contributed by atoms with Crippen LogP contribution in [0.3, 0.4) is 0 Å². The summed E-state index contributed by atoms with van der Waals surface area (Å²) in [4.78, 5) is 40.8. The Hall–Kier alpha value is -5.23. The number of aromatic nitrogens is 3. The van der Waals surface area contributed by atoms with E-state index in [2.05, 4.69) is 5.10 Å². The predicted molar refractivity (Wildman–Crippen MR) is 145 cm³/mol. The number of hydrazone groups is 1. The van der Waals surface area contributed by atoms with Crippen LogP contribution >= 0.6 is 0 Å². The van der Waals surface area contributed by atoms with Crippen molar-refractivity contribution in [2.24, 2.45) is 22.9 Å². The summed E-state index contributed by atoms with van der Waals surface area (Å²) in [7, 11) is 0. The molecule has 1 aromatic heterocycles. The number of nitro benzene ring substituents is 1. The van der Waals surface area contributed by atoms with Gasteiger partial charge in [-0.15, -0.1) is 5.10 Å². The zero-order valence-corrected chi connectivity index (χ0v) is 21.3. The number of benzene rings is 3. The van der Waals surface area contributed by atoms with E-state index >= 15 is 0 Å². The van der Waals surface area contributed by atoms with Gasteiger partial charge >= 0.3 is 0 Å². The van der Waals surface area contributed by atoms with Crippen molar-refractivity contribution in [1.29, 1.82) is 0 Å². The summed E-state index contributed by atoms with van der Waals surface area (Å²) in [6, 6.07) is 24.3. The summed E-state index contributed by atoms with van der Waals surface area (Å²) in [5.41, 5.74) is 3.05. The van der Waals surface area contributed by atoms with Crippen LogP contribution in [-0.4, -0.2) is 55.7 Å². The molecule has 0 spiro atoms. The summed E-state index contributed by atoms with van der Waals surface area (Å²) in [6.45, 7) is 0. The Morgan fingerprint density at radius 1 is 0.756 bits per heavy atom. The third kappa shape index (κ3) is 3.34. The lowest BCUT2D eigenvalue weighted by molar-refractivity contribution is -0.384. The quantitative estimate of drug-likeness (QED) is 0.211. The molecule has 41 heavy (non-hydrogen) atoms. The van der Waals surface area contributed by atoms with Crippen molar-refractivity contribution in [3.63, 3.8) is 0 Å². The monoisotopic (exact) mass is 547 g/mol. The number of carbonyl (C=O) groups is 2. The number of nitro groups is 1. The maximum atomic E-state index is 13.8. The summed E-state index contributed by atoms with van der Waals surface area (Å²) in [5, 5.41) is 27.2. The van der Waals surface area contributed by atoms with Gasteiger partial charge < -0.3 is 4.74 Å². The van der Waals surface area contributed by atoms with Crippen LogP contribution in [0.2, 0.25) is 0 Å². The highest BCUT2D eigenvalue weighted by Gasteiger charge is 2.72. The lowest BCUT2D eigenvalue weighted by Gasteiger charge is -2.32. The number of ether oxygens (including phenoxy) is 1. The molecule has 0 N–H and O–H groups in total. The Kier molecular flexibility index (Phi) is 4.98. The van der Waals surface area contributed by atoms with E-state index in [-0.39, 0.29) is 29.5 Å². The molecule has 12 nitrogen and oxygen atoms in total. The smallest absolute Gasteiger partial charge is 0.269 e. The maximum Gasteiger partial charge on any atom is 0.269 e. The van der Waals surface area contributed by atoms with Gasteiger partial charge in [-0.25, -0.2) is 4.90 Å². The number of anilines is 2. The van der Waals surface area contributed by atoms with Crippen LogP contribution in [0.15, 0.2) is 96.2 Å². The maximum absolute atomic E-state index is 13.8. The van der Waals surface area contributed by atoms with Gasteiger partial charge in [-0.05, 0) is 36.4 Å². The SMILES string of the molecule is O=C1C2C3OC(C2C(=O)N1c1ccc([N+](=O)[O-])cc1)C1C3C(c2cnn(-c3ccccc3)n2)=NN1c1ccccc1. The Labute approximate surface area is 232 Å². The molecule has 0 saturated carbocycles. The third-order valence-corrected chi connectivity index (χ3v) is 8.37. The topological polar surface area (TPSA) is 136 Å². The second-order valence-electron chi connectivity index (χ2n) is 10.4. The largest absolute Gasteiger partial charge is 0.370 e. The van der Waals surface area contributed by atoms with Crippen molar-refractivity contribution in [1.82, 2.24) is 15.0 Å². The van der Waals surface area contributed by atoms with Crippen molar-refractivity contribution in [3.05, 3.63) is 107 Å². The molecule has 3 aromatic carbocycles. The van der Waals surface area contributed by atoms with E-state index in [1.54, 1.807) is 6.20 Å². The molecule has 4 aliphatic rings. The average molecular weight is 548 g/mol. The zero-order chi connectivity index (χ0) is 27.8. The molecular formula is C29H21N7O5. The normalized spacial score (nSPS) is 27.8. The van der Waals surface area contributed by atoms with Gasteiger partial charge in [0.1, 0.15) is 5.69 Å². The Balaban J connectivity index is 1.18. The summed E-state index contributed by atoms with van der Waals surface area (Å²) in [6.07, 6.45) is 0.482. The number of fused-ring (bicyclic) bond motifs is 8. The van der Waals surface area contributed by atoms with Crippen LogP contribution in [0.4, 0.5) is 17.1 Å². The van der Waals surface area contributed by atoms with Crippen LogP contribution in [-0.2, 0) is 14.3 Å². The second-order valence-corrected chi connectivity index (χ2v) is 10.4. The fourth-order valence-corrected chi connectivity index (χ4v) is 6.69. The van der Waals surface area contributed by atoms with Crippen molar-refractivity contribution in [2.45, 2.75) is 18.2 Å². The van der Waals surface area contributed by atoms with Gasteiger partial charge in [-0.2, -0.15) is 15.0 Å². The van der Waals surface area contributed by atoms with Gasteiger partial charge in [0.05, 0.1) is 69.9 Å². The Morgan fingerprint density at radius 3 is 2.05 bits per heavy atom. The molecule has 2 bridgehead atoms. The standard InChI is InChI=1S/C29H21N7O5/c37-28-21-22(29(38)33(28)16-11-13-19(14-12-16)36(39)40)27-25-23(26(21)41-27)24(32-34(25)17-7-3-1-4-8-17)20-15-30-35(31-20)18-9-5-2-6-10-18/h1-15,21-23,25-27H. The molecule has 5 heterocycles. The molecule has 0 radical (unpaired) electrons. The highest BCUT2D eigenvalue weighted by molar-refractivity contribution is 6.23. The molecule has 0 aliphatic carbocycles. The number of hydrogen-bond acceptors (Lipinski definition) is 9. The first kappa shape index (κ1) is 23.6. The fraction of sp³-hybridized carbons (Fsp3) is 0.207. The van der Waals surface area contributed by atoms with E-state index in [4.69, 9.17) is 14.9 Å². The number of amides is 2. The number of carbonyl (C=O) groups excluding carboxylic acids is 2. The van der Waals surface area contributed by atoms with Gasteiger partial charge in [0.25, 0.3) is 5.69 Å². The van der Waals surface area contributed by atoms with Crippen molar-refractivity contribution in [2.75, 3.05) is 9.91 Å². The molecule has 202 valence electrons. The molecule has 2 amide bonds. The first-order valence-corrected chi connectivity index (χ1v) is 13.2. The van der Waals surface area contributed by atoms with Gasteiger partial charge in [0.2, 0.25) is 11.8 Å². The summed E-state index contributed by atoms with van der Waals surface area (Å²) in [5.74, 6) is -2.45. The van der Waals surface area contributed by atoms with Crippen molar-refractivity contribution < 1.29 is 19.2 Å². The highest BCUT2D eigenvalue weighted by atomic mass is 16.6. The minimum Gasteiger partial charge on any atom is -0.370 e. The van der Waals surface area contributed by atoms with Crippen LogP contribution in [0.1, 0.15) is 5.69 Å². The molecule has 3 saturated heterocycles. The molecular weight excluding hydrogens is 526 g/mol. The van der Waals surface area contributed by atoms with Crippen molar-refractivity contribution >= 4 is 34.6 Å². The summed E-state index contributed by atoms with van der Waals surface area (Å²) >= 11 is 0. The van der Waals surface area contributed by atoms with Crippen LogP contribution in [0.5, 0.6) is 0 Å². The Bertz CT molecular complexity index is 1740. The summed E-state index contributed by atoms with van der Waals surface area (Å²) < 4.78 is 6.44. The van der Waals surface area contributed by atoms with Crippen LogP contribution < -0.4 is 9.91 Å². The number of imide groups is 1. The molecule has 3 fully saturated rings. The lowest BCUT2D eigenvalue weighted by atomic mass is 9.70. The van der Waals surface area contributed by atoms with Gasteiger partial charge in [-0.1, -0.05) is 36.4 Å².